The number of aliphatic hydroxyl groups excluding tert-OH is 1. The standard InChI is InChI=1S/C31H45NO9/c1-5-17(2)27(28(38)39)32-24(36)8-9-25(37)41-16-23(35)31(40)13-11-21-20-7-6-18-14-19(33)10-12-29(18,3)26(20)22(34)15-30(21,31)4/h14,17,20-22,26-27,34,40H,5-13,15-16H2,1-4H3,(H,32,36)(H,38,39)/t17-,20-,21+,22-,26+,27-,29-,30-,31-/m0/s1. The molecule has 10 nitrogen and oxygen atoms in total. The number of carbonyl (C=O) groups is 5. The summed E-state index contributed by atoms with van der Waals surface area (Å²) < 4.78 is 5.16. The first-order valence-corrected chi connectivity index (χ1v) is 15.0. The number of aliphatic carboxylic acids is 1. The van der Waals surface area contributed by atoms with Gasteiger partial charge in [0.2, 0.25) is 11.7 Å². The van der Waals surface area contributed by atoms with Gasteiger partial charge in [-0.25, -0.2) is 4.79 Å². The van der Waals surface area contributed by atoms with Gasteiger partial charge >= 0.3 is 11.9 Å². The van der Waals surface area contributed by atoms with E-state index in [4.69, 9.17) is 4.74 Å². The Balaban J connectivity index is 1.37. The fraction of sp³-hybridized carbons (Fsp3) is 0.774. The molecule has 228 valence electrons. The molecule has 1 amide bonds. The first-order valence-electron chi connectivity index (χ1n) is 15.0. The summed E-state index contributed by atoms with van der Waals surface area (Å²) in [5, 5.41) is 35.0. The summed E-state index contributed by atoms with van der Waals surface area (Å²) in [6, 6.07) is -1.06. The van der Waals surface area contributed by atoms with Gasteiger partial charge < -0.3 is 25.4 Å². The van der Waals surface area contributed by atoms with Crippen LogP contribution in [0.4, 0.5) is 0 Å². The normalized spacial score (nSPS) is 37.5. The van der Waals surface area contributed by atoms with Crippen molar-refractivity contribution < 1.29 is 44.0 Å². The molecule has 9 atom stereocenters. The Morgan fingerprint density at radius 3 is 2.49 bits per heavy atom. The summed E-state index contributed by atoms with van der Waals surface area (Å²) in [5.74, 6) is -3.23. The minimum atomic E-state index is -1.76. The monoisotopic (exact) mass is 575 g/mol. The fourth-order valence-electron chi connectivity index (χ4n) is 8.63. The van der Waals surface area contributed by atoms with Crippen molar-refractivity contribution in [1.82, 2.24) is 5.32 Å². The molecule has 10 heteroatoms. The number of fused-ring (bicyclic) bond motifs is 5. The van der Waals surface area contributed by atoms with E-state index in [0.29, 0.717) is 25.7 Å². The molecule has 0 aromatic carbocycles. The first kappa shape index (κ1) is 31.3. The van der Waals surface area contributed by atoms with Crippen LogP contribution in [0.3, 0.4) is 0 Å². The molecule has 41 heavy (non-hydrogen) atoms. The van der Waals surface area contributed by atoms with Gasteiger partial charge in [-0.3, -0.25) is 19.2 Å². The van der Waals surface area contributed by atoms with Gasteiger partial charge in [0.25, 0.3) is 0 Å². The molecule has 0 unspecified atom stereocenters. The molecule has 4 N–H and O–H groups in total. The number of amides is 1. The maximum atomic E-state index is 13.4. The predicted molar refractivity (Wildman–Crippen MR) is 147 cm³/mol. The van der Waals surface area contributed by atoms with E-state index in [1.807, 2.05) is 13.8 Å². The van der Waals surface area contributed by atoms with Crippen molar-refractivity contribution in [3.05, 3.63) is 11.6 Å². The maximum absolute atomic E-state index is 13.4. The Labute approximate surface area is 241 Å². The molecule has 0 bridgehead atoms. The quantitative estimate of drug-likeness (QED) is 0.286. The Hall–Kier alpha value is -2.59. The SMILES string of the molecule is CC[C@H](C)[C@H](NC(=O)CCC(=O)OCC(=O)[C@@]1(O)CC[C@@H]2[C@@H]3CCC4=CC(=O)CC[C@]4(C)[C@H]3[C@@H](O)C[C@@]21C)C(=O)O. The summed E-state index contributed by atoms with van der Waals surface area (Å²) in [5.41, 5.74) is -1.81. The van der Waals surface area contributed by atoms with Gasteiger partial charge in [0.05, 0.1) is 12.5 Å². The maximum Gasteiger partial charge on any atom is 0.326 e. The van der Waals surface area contributed by atoms with E-state index in [-0.39, 0.29) is 60.6 Å². The average Bonchev–Trinajstić information content (AvgIpc) is 3.19. The van der Waals surface area contributed by atoms with Crippen molar-refractivity contribution in [1.29, 1.82) is 0 Å². The lowest BCUT2D eigenvalue weighted by molar-refractivity contribution is -0.184. The van der Waals surface area contributed by atoms with Crippen molar-refractivity contribution >= 4 is 29.4 Å². The van der Waals surface area contributed by atoms with Gasteiger partial charge in [-0.2, -0.15) is 0 Å². The van der Waals surface area contributed by atoms with E-state index in [1.54, 1.807) is 13.0 Å². The average molecular weight is 576 g/mol. The van der Waals surface area contributed by atoms with Crippen LogP contribution >= 0.6 is 0 Å². The Kier molecular flexibility index (Phi) is 8.86. The van der Waals surface area contributed by atoms with Crippen molar-refractivity contribution in [2.45, 2.75) is 110 Å². The fourth-order valence-corrected chi connectivity index (χ4v) is 8.63. The van der Waals surface area contributed by atoms with Gasteiger partial charge in [0, 0.05) is 18.3 Å². The number of ether oxygens (including phenoxy) is 1. The van der Waals surface area contributed by atoms with Crippen molar-refractivity contribution in [2.75, 3.05) is 6.61 Å². The number of aliphatic hydroxyl groups is 2. The second kappa shape index (κ2) is 11.6. The zero-order chi connectivity index (χ0) is 30.3. The second-order valence-electron chi connectivity index (χ2n) is 13.3. The van der Waals surface area contributed by atoms with E-state index in [1.165, 1.54) is 0 Å². The molecule has 3 fully saturated rings. The number of hydrogen-bond acceptors (Lipinski definition) is 8. The molecule has 0 aromatic rings. The smallest absolute Gasteiger partial charge is 0.326 e. The summed E-state index contributed by atoms with van der Waals surface area (Å²) in [6.45, 7) is 6.90. The molecule has 4 rings (SSSR count). The van der Waals surface area contributed by atoms with E-state index in [0.717, 1.165) is 18.4 Å². The van der Waals surface area contributed by atoms with Gasteiger partial charge in [0.1, 0.15) is 11.6 Å². The number of carboxylic acid groups (broad SMARTS) is 1. The third-order valence-corrected chi connectivity index (χ3v) is 11.2. The van der Waals surface area contributed by atoms with Gasteiger partial charge in [-0.15, -0.1) is 0 Å². The van der Waals surface area contributed by atoms with Crippen LogP contribution in [0.15, 0.2) is 11.6 Å². The van der Waals surface area contributed by atoms with Crippen LogP contribution < -0.4 is 5.32 Å². The van der Waals surface area contributed by atoms with E-state index in [9.17, 15) is 39.3 Å². The minimum absolute atomic E-state index is 0.00736. The number of ketones is 2. The Morgan fingerprint density at radius 2 is 1.83 bits per heavy atom. The molecule has 0 heterocycles. The lowest BCUT2D eigenvalue weighted by atomic mass is 9.45. The number of Topliss-reactive ketones (excluding diaryl/α,β-unsaturated/α-hetero) is 1. The molecule has 0 radical (unpaired) electrons. The molecule has 0 aromatic heterocycles. The molecule has 0 spiro atoms. The Bertz CT molecular complexity index is 1130. The van der Waals surface area contributed by atoms with Gasteiger partial charge in [-0.05, 0) is 73.7 Å². The summed E-state index contributed by atoms with van der Waals surface area (Å²) in [6.07, 6.45) is 4.77. The topological polar surface area (TPSA) is 167 Å². The molecular formula is C31H45NO9. The number of esters is 1. The number of allylic oxidation sites excluding steroid dienone is 1. The van der Waals surface area contributed by atoms with Crippen molar-refractivity contribution in [3.63, 3.8) is 0 Å². The highest BCUT2D eigenvalue weighted by Gasteiger charge is 2.68. The summed E-state index contributed by atoms with van der Waals surface area (Å²) >= 11 is 0. The van der Waals surface area contributed by atoms with Crippen LogP contribution in [-0.4, -0.2) is 69.1 Å². The van der Waals surface area contributed by atoms with Gasteiger partial charge in [0.15, 0.2) is 12.4 Å². The van der Waals surface area contributed by atoms with E-state index < -0.39 is 53.4 Å². The number of rotatable bonds is 10. The number of carboxylic acids is 1. The molecular weight excluding hydrogens is 530 g/mol. The largest absolute Gasteiger partial charge is 0.480 e. The van der Waals surface area contributed by atoms with Crippen LogP contribution in [0, 0.1) is 34.5 Å². The molecule has 0 aliphatic heterocycles. The summed E-state index contributed by atoms with van der Waals surface area (Å²) in [4.78, 5) is 61.5. The highest BCUT2D eigenvalue weighted by molar-refractivity contribution is 5.92. The van der Waals surface area contributed by atoms with Crippen molar-refractivity contribution in [3.8, 4) is 0 Å². The number of carbonyl (C=O) groups excluding carboxylic acids is 4. The lowest BCUT2D eigenvalue weighted by Gasteiger charge is -2.60. The lowest BCUT2D eigenvalue weighted by Crippen LogP contribution is -2.62. The molecule has 4 aliphatic carbocycles. The minimum Gasteiger partial charge on any atom is -0.480 e. The van der Waals surface area contributed by atoms with E-state index >= 15 is 0 Å². The molecule has 4 aliphatic rings. The van der Waals surface area contributed by atoms with Gasteiger partial charge in [-0.1, -0.05) is 39.7 Å². The second-order valence-corrected chi connectivity index (χ2v) is 13.3. The van der Waals surface area contributed by atoms with E-state index in [2.05, 4.69) is 12.2 Å². The van der Waals surface area contributed by atoms with Crippen LogP contribution in [-0.2, 0) is 28.7 Å². The highest BCUT2D eigenvalue weighted by atomic mass is 16.5. The third kappa shape index (κ3) is 5.49. The van der Waals surface area contributed by atoms with Crippen molar-refractivity contribution in [2.24, 2.45) is 34.5 Å². The molecule has 0 saturated heterocycles. The third-order valence-electron chi connectivity index (χ3n) is 11.2. The number of hydrogen-bond donors (Lipinski definition) is 4. The zero-order valence-electron chi connectivity index (χ0n) is 24.6. The highest BCUT2D eigenvalue weighted by Crippen LogP contribution is 2.67. The zero-order valence-corrected chi connectivity index (χ0v) is 24.6. The van der Waals surface area contributed by atoms with Crippen LogP contribution in [0.2, 0.25) is 0 Å². The van der Waals surface area contributed by atoms with Crippen LogP contribution in [0.1, 0.15) is 91.9 Å². The first-order chi connectivity index (χ1) is 19.2. The van der Waals surface area contributed by atoms with Crippen LogP contribution in [0.25, 0.3) is 0 Å². The molecule has 3 saturated carbocycles. The summed E-state index contributed by atoms with van der Waals surface area (Å²) in [7, 11) is 0. The van der Waals surface area contributed by atoms with Crippen LogP contribution in [0.5, 0.6) is 0 Å². The number of nitrogens with one attached hydrogen (secondary N) is 1. The Morgan fingerprint density at radius 1 is 1.12 bits per heavy atom. The predicted octanol–water partition coefficient (Wildman–Crippen LogP) is 2.73.